The first kappa shape index (κ1) is 28.8. The number of alkyl halides is 3. The topological polar surface area (TPSA) is 123 Å². The lowest BCUT2D eigenvalue weighted by Gasteiger charge is -2.33. The Morgan fingerprint density at radius 1 is 1.10 bits per heavy atom. The Hall–Kier alpha value is -3.30. The number of pyridine rings is 1. The fraction of sp³-hybridized carbons (Fsp3) is 0.429. The lowest BCUT2D eigenvalue weighted by molar-refractivity contribution is -0.137. The maximum atomic E-state index is 13.1. The van der Waals surface area contributed by atoms with E-state index in [1.165, 1.54) is 16.4 Å². The summed E-state index contributed by atoms with van der Waals surface area (Å²) in [6.45, 7) is 2.47. The maximum absolute atomic E-state index is 13.1. The van der Waals surface area contributed by atoms with Crippen LogP contribution < -0.4 is 0 Å². The Morgan fingerprint density at radius 2 is 1.83 bits per heavy atom. The highest BCUT2D eigenvalue weighted by Crippen LogP contribution is 2.37. The first-order valence-electron chi connectivity index (χ1n) is 13.7. The predicted molar refractivity (Wildman–Crippen MR) is 146 cm³/mol. The Kier molecular flexibility index (Phi) is 7.83. The highest BCUT2D eigenvalue weighted by molar-refractivity contribution is 7.76. The van der Waals surface area contributed by atoms with E-state index in [9.17, 15) is 32.2 Å². The van der Waals surface area contributed by atoms with Gasteiger partial charge in [0.05, 0.1) is 35.8 Å². The zero-order valence-electron chi connectivity index (χ0n) is 22.6. The van der Waals surface area contributed by atoms with Gasteiger partial charge >= 0.3 is 6.18 Å². The van der Waals surface area contributed by atoms with Crippen molar-refractivity contribution in [3.8, 4) is 22.5 Å². The number of piperidine rings is 1. The fourth-order valence-corrected chi connectivity index (χ4v) is 6.60. The largest absolute Gasteiger partial charge is 0.760 e. The SMILES string of the molecule is O=S([O-])N1CCc2c(c(-c3ccc(C(F)(F)F)cc3)nn2CC(O)CN2CCC(c3cnc4ccn(O)cc3-4)CC2)C1. The molecule has 0 aliphatic carbocycles. The van der Waals surface area contributed by atoms with E-state index in [-0.39, 0.29) is 19.6 Å². The first-order valence-corrected chi connectivity index (χ1v) is 14.8. The van der Waals surface area contributed by atoms with Gasteiger partial charge in [-0.1, -0.05) is 12.1 Å². The molecule has 1 saturated heterocycles. The standard InChI is InChI=1S/C28H31F3N6O4S/c29-28(30,31)20-3-1-19(2-4-20)27-24-17-36(42(40)41)12-8-26(24)37(33-27)15-21(38)14-34-9-5-18(6-10-34)22-13-32-25-7-11-35(39)16-23(22)25/h1-4,7,11,13,16,18,21,38-39H,5-6,8-10,12,14-15,17H2,(H,40,41)/p-1. The van der Waals surface area contributed by atoms with Crippen molar-refractivity contribution in [2.75, 3.05) is 26.2 Å². The summed E-state index contributed by atoms with van der Waals surface area (Å²) in [5.41, 5.74) is 4.40. The molecule has 2 atom stereocenters. The molecule has 0 radical (unpaired) electrons. The van der Waals surface area contributed by atoms with Gasteiger partial charge in [0.25, 0.3) is 0 Å². The number of rotatable bonds is 7. The van der Waals surface area contributed by atoms with Crippen LogP contribution in [0.2, 0.25) is 0 Å². The van der Waals surface area contributed by atoms with E-state index in [2.05, 4.69) is 15.0 Å². The number of halogens is 3. The Labute approximate surface area is 242 Å². The van der Waals surface area contributed by atoms with Gasteiger partial charge in [0.2, 0.25) is 0 Å². The van der Waals surface area contributed by atoms with E-state index < -0.39 is 29.1 Å². The van der Waals surface area contributed by atoms with Crippen molar-refractivity contribution in [3.63, 3.8) is 0 Å². The third-order valence-electron chi connectivity index (χ3n) is 8.25. The molecule has 5 heterocycles. The average molecular weight is 604 g/mol. The van der Waals surface area contributed by atoms with Crippen molar-refractivity contribution in [1.82, 2.24) is 28.7 Å². The molecule has 1 aromatic heterocycles. The van der Waals surface area contributed by atoms with Gasteiger partial charge in [-0.3, -0.25) is 13.9 Å². The van der Waals surface area contributed by atoms with Gasteiger partial charge in [-0.15, -0.1) is 0 Å². The molecule has 2 unspecified atom stereocenters. The second-order valence-electron chi connectivity index (χ2n) is 10.9. The molecule has 0 saturated carbocycles. The molecule has 14 heteroatoms. The lowest BCUT2D eigenvalue weighted by atomic mass is 9.88. The molecule has 0 bridgehead atoms. The monoisotopic (exact) mass is 603 g/mol. The van der Waals surface area contributed by atoms with Crippen molar-refractivity contribution < 1.29 is 32.2 Å². The smallest absolute Gasteiger partial charge is 0.416 e. The number of nitrogens with zero attached hydrogens (tertiary/aromatic N) is 6. The van der Waals surface area contributed by atoms with Crippen LogP contribution in [0.25, 0.3) is 22.5 Å². The van der Waals surface area contributed by atoms with Crippen LogP contribution in [0.3, 0.4) is 0 Å². The number of likely N-dealkylation sites (tertiary alicyclic amines) is 1. The van der Waals surface area contributed by atoms with Crippen LogP contribution in [0.1, 0.15) is 41.1 Å². The van der Waals surface area contributed by atoms with Crippen LogP contribution in [-0.2, 0) is 37.0 Å². The number of aliphatic hydroxyl groups excluding tert-OH is 1. The minimum Gasteiger partial charge on any atom is -0.760 e. The number of aliphatic hydroxyl groups is 1. The third kappa shape index (κ3) is 5.81. The van der Waals surface area contributed by atoms with Gasteiger partial charge in [0.1, 0.15) is 0 Å². The summed E-state index contributed by atoms with van der Waals surface area (Å²) in [4.78, 5) is 6.66. The molecule has 0 amide bonds. The Bertz CT molecular complexity index is 1550. The molecule has 4 aliphatic rings. The zero-order chi connectivity index (χ0) is 29.6. The van der Waals surface area contributed by atoms with Crippen molar-refractivity contribution in [2.45, 2.75) is 50.6 Å². The van der Waals surface area contributed by atoms with Gasteiger partial charge in [0, 0.05) is 72.1 Å². The summed E-state index contributed by atoms with van der Waals surface area (Å²) in [6.07, 6.45) is 2.01. The maximum Gasteiger partial charge on any atom is 0.416 e. The summed E-state index contributed by atoms with van der Waals surface area (Å²) in [7, 11) is 0. The summed E-state index contributed by atoms with van der Waals surface area (Å²) in [6, 6.07) is 6.44. The second-order valence-corrected chi connectivity index (χ2v) is 11.9. The summed E-state index contributed by atoms with van der Waals surface area (Å²) >= 11 is -2.45. The minimum absolute atomic E-state index is 0.0625. The molecule has 1 aromatic carbocycles. The highest BCUT2D eigenvalue weighted by atomic mass is 32.2. The number of hydrogen-bond acceptors (Lipinski definition) is 7. The van der Waals surface area contributed by atoms with Gasteiger partial charge in [-0.25, -0.2) is 9.04 Å². The first-order chi connectivity index (χ1) is 20.1. The van der Waals surface area contributed by atoms with Crippen molar-refractivity contribution in [3.05, 3.63) is 71.3 Å². The van der Waals surface area contributed by atoms with Crippen LogP contribution in [-0.4, -0.2) is 80.1 Å². The van der Waals surface area contributed by atoms with E-state index >= 15 is 0 Å². The van der Waals surface area contributed by atoms with E-state index in [0.717, 1.165) is 65.3 Å². The molecular weight excluding hydrogens is 573 g/mol. The third-order valence-corrected chi connectivity index (χ3v) is 8.98. The van der Waals surface area contributed by atoms with E-state index in [1.807, 2.05) is 6.20 Å². The van der Waals surface area contributed by atoms with E-state index in [4.69, 9.17) is 0 Å². The van der Waals surface area contributed by atoms with Gasteiger partial charge in [-0.2, -0.15) is 18.3 Å². The number of fused-ring (bicyclic) bond motifs is 2. The highest BCUT2D eigenvalue weighted by Gasteiger charge is 2.32. The normalized spacial score (nSPS) is 18.8. The molecule has 224 valence electrons. The number of aromatic nitrogens is 4. The van der Waals surface area contributed by atoms with Crippen LogP contribution in [0.4, 0.5) is 13.2 Å². The number of hydrogen-bond donors (Lipinski definition) is 2. The quantitative estimate of drug-likeness (QED) is 0.245. The van der Waals surface area contributed by atoms with Crippen LogP contribution in [0.5, 0.6) is 0 Å². The Balaban J connectivity index is 1.14. The average Bonchev–Trinajstić information content (AvgIpc) is 3.54. The van der Waals surface area contributed by atoms with Crippen LogP contribution >= 0.6 is 0 Å². The number of β-amino-alcohol motifs (C(OH)–C–C–N with tert-alkyl or cyclic N) is 1. The summed E-state index contributed by atoms with van der Waals surface area (Å²) in [5.74, 6) is 0.296. The summed E-state index contributed by atoms with van der Waals surface area (Å²) in [5, 5.41) is 25.5. The van der Waals surface area contributed by atoms with Crippen LogP contribution in [0.15, 0.2) is 48.9 Å². The van der Waals surface area contributed by atoms with E-state index in [1.54, 1.807) is 23.1 Å². The molecular formula is C28H30F3N6O4S-. The minimum atomic E-state index is -4.47. The molecule has 2 aromatic rings. The van der Waals surface area contributed by atoms with Gasteiger partial charge in [0.15, 0.2) is 0 Å². The van der Waals surface area contributed by atoms with Crippen molar-refractivity contribution in [2.24, 2.45) is 0 Å². The molecule has 4 aliphatic heterocycles. The Morgan fingerprint density at radius 3 is 2.52 bits per heavy atom. The summed E-state index contributed by atoms with van der Waals surface area (Å²) < 4.78 is 66.6. The van der Waals surface area contributed by atoms with Crippen molar-refractivity contribution in [1.29, 1.82) is 0 Å². The molecule has 2 N–H and O–H groups in total. The lowest BCUT2D eigenvalue weighted by Crippen LogP contribution is -2.40. The molecule has 0 spiro atoms. The zero-order valence-corrected chi connectivity index (χ0v) is 23.4. The molecule has 42 heavy (non-hydrogen) atoms. The second kappa shape index (κ2) is 11.4. The van der Waals surface area contributed by atoms with E-state index in [0.29, 0.717) is 35.7 Å². The van der Waals surface area contributed by atoms with Crippen molar-refractivity contribution >= 4 is 11.3 Å². The molecule has 6 rings (SSSR count). The predicted octanol–water partition coefficient (Wildman–Crippen LogP) is 3.50. The molecule has 10 nitrogen and oxygen atoms in total. The molecule has 1 fully saturated rings. The number of benzene rings is 1. The fourth-order valence-electron chi connectivity index (χ4n) is 6.12. The van der Waals surface area contributed by atoms with Crippen LogP contribution in [0, 0.1) is 0 Å². The van der Waals surface area contributed by atoms with Gasteiger partial charge in [-0.05, 0) is 55.6 Å². The van der Waals surface area contributed by atoms with Gasteiger partial charge < -0.3 is 19.8 Å².